The van der Waals surface area contributed by atoms with Gasteiger partial charge in [0.05, 0.1) is 16.3 Å². The molecule has 3 rings (SSSR count). The number of thiophene rings is 1. The van der Waals surface area contributed by atoms with Crippen LogP contribution in [0.2, 0.25) is 0 Å². The number of Topliss-reactive ketones (excluding diaryl/α,β-unsaturated/α-hetero) is 1. The second-order valence-corrected chi connectivity index (χ2v) is 7.21. The zero-order valence-electron chi connectivity index (χ0n) is 12.9. The molecule has 3 aromatic rings. The van der Waals surface area contributed by atoms with Gasteiger partial charge in [-0.1, -0.05) is 41.6 Å². The fourth-order valence-corrected chi connectivity index (χ4v) is 3.74. The maximum absolute atomic E-state index is 12.0. The summed E-state index contributed by atoms with van der Waals surface area (Å²) in [4.78, 5) is 12.8. The third kappa shape index (κ3) is 3.86. The number of aromatic nitrogens is 2. The van der Waals surface area contributed by atoms with Crippen LogP contribution >= 0.6 is 23.1 Å². The average molecular weight is 340 g/mol. The van der Waals surface area contributed by atoms with Crippen LogP contribution < -0.4 is 0 Å². The molecule has 0 spiro atoms. The Hall–Kier alpha value is -1.98. The van der Waals surface area contributed by atoms with Crippen LogP contribution in [0, 0.1) is 13.8 Å². The molecule has 3 nitrogen and oxygen atoms in total. The van der Waals surface area contributed by atoms with Gasteiger partial charge in [-0.2, -0.15) is 0 Å². The van der Waals surface area contributed by atoms with E-state index < -0.39 is 0 Å². The number of hydrogen-bond donors (Lipinski definition) is 0. The van der Waals surface area contributed by atoms with Gasteiger partial charge in [-0.05, 0) is 43.0 Å². The Labute approximate surface area is 143 Å². The second-order valence-electron chi connectivity index (χ2n) is 5.26. The van der Waals surface area contributed by atoms with Crippen LogP contribution in [0.5, 0.6) is 0 Å². The fourth-order valence-electron chi connectivity index (χ4n) is 2.29. The van der Waals surface area contributed by atoms with E-state index in [1.54, 1.807) is 0 Å². The standard InChI is InChI=1S/C18H16N2OS2/c1-12-5-6-14(13(2)10-12)15-7-8-18(20-19-15)23-11-16(21)17-4-3-9-22-17/h3-10H,11H2,1-2H3. The Bertz CT molecular complexity index is 812. The first-order chi connectivity index (χ1) is 11.1. The molecule has 0 amide bonds. The number of hydrogen-bond acceptors (Lipinski definition) is 5. The van der Waals surface area contributed by atoms with E-state index in [1.807, 2.05) is 29.6 Å². The van der Waals surface area contributed by atoms with E-state index in [0.29, 0.717) is 5.75 Å². The van der Waals surface area contributed by atoms with Crippen LogP contribution in [-0.2, 0) is 0 Å². The molecule has 0 aliphatic rings. The van der Waals surface area contributed by atoms with E-state index >= 15 is 0 Å². The van der Waals surface area contributed by atoms with Crippen molar-refractivity contribution in [2.75, 3.05) is 5.75 Å². The second kappa shape index (κ2) is 7.06. The minimum absolute atomic E-state index is 0.130. The topological polar surface area (TPSA) is 42.9 Å². The summed E-state index contributed by atoms with van der Waals surface area (Å²) in [5.41, 5.74) is 4.37. The van der Waals surface area contributed by atoms with Crippen LogP contribution in [0.1, 0.15) is 20.8 Å². The lowest BCUT2D eigenvalue weighted by Crippen LogP contribution is -2.00. The van der Waals surface area contributed by atoms with Crippen LogP contribution in [0.15, 0.2) is 52.9 Å². The molecule has 116 valence electrons. The molecule has 5 heteroatoms. The lowest BCUT2D eigenvalue weighted by molar-refractivity contribution is 0.102. The summed E-state index contributed by atoms with van der Waals surface area (Å²) >= 11 is 2.89. The van der Waals surface area contributed by atoms with Gasteiger partial charge in [0.15, 0.2) is 5.78 Å². The molecular formula is C18H16N2OS2. The predicted molar refractivity (Wildman–Crippen MR) is 96.3 cm³/mol. The van der Waals surface area contributed by atoms with Crippen molar-refractivity contribution < 1.29 is 4.79 Å². The van der Waals surface area contributed by atoms with Gasteiger partial charge in [-0.15, -0.1) is 21.5 Å². The molecule has 1 aromatic carbocycles. The van der Waals surface area contributed by atoms with Gasteiger partial charge in [0.25, 0.3) is 0 Å². The summed E-state index contributed by atoms with van der Waals surface area (Å²) < 4.78 is 0. The molecule has 23 heavy (non-hydrogen) atoms. The number of carbonyl (C=O) groups is 1. The number of rotatable bonds is 5. The number of thioether (sulfide) groups is 1. The summed E-state index contributed by atoms with van der Waals surface area (Å²) in [5, 5.41) is 11.2. The van der Waals surface area contributed by atoms with E-state index in [9.17, 15) is 4.79 Å². The molecule has 0 saturated heterocycles. The van der Waals surface area contributed by atoms with Crippen molar-refractivity contribution in [3.05, 3.63) is 63.8 Å². The fraction of sp³-hybridized carbons (Fsp3) is 0.167. The van der Waals surface area contributed by atoms with Crippen molar-refractivity contribution in [1.82, 2.24) is 10.2 Å². The Morgan fingerprint density at radius 2 is 2.00 bits per heavy atom. The van der Waals surface area contributed by atoms with Crippen molar-refractivity contribution in [3.63, 3.8) is 0 Å². The molecule has 0 aliphatic carbocycles. The highest BCUT2D eigenvalue weighted by Gasteiger charge is 2.09. The highest BCUT2D eigenvalue weighted by molar-refractivity contribution is 7.99. The molecule has 0 N–H and O–H groups in total. The van der Waals surface area contributed by atoms with E-state index in [0.717, 1.165) is 21.2 Å². The number of ketones is 1. The molecule has 0 aliphatic heterocycles. The number of benzene rings is 1. The summed E-state index contributed by atoms with van der Waals surface area (Å²) in [6.07, 6.45) is 0. The molecule has 0 fully saturated rings. The van der Waals surface area contributed by atoms with Gasteiger partial charge in [-0.3, -0.25) is 4.79 Å². The van der Waals surface area contributed by atoms with E-state index in [1.165, 1.54) is 34.2 Å². The van der Waals surface area contributed by atoms with E-state index in [-0.39, 0.29) is 5.78 Å². The van der Waals surface area contributed by atoms with Gasteiger partial charge >= 0.3 is 0 Å². The highest BCUT2D eigenvalue weighted by Crippen LogP contribution is 2.24. The zero-order chi connectivity index (χ0) is 16.2. The van der Waals surface area contributed by atoms with Crippen molar-refractivity contribution in [1.29, 1.82) is 0 Å². The third-order valence-corrected chi connectivity index (χ3v) is 5.28. The Kier molecular flexibility index (Phi) is 4.88. The van der Waals surface area contributed by atoms with Gasteiger partial charge < -0.3 is 0 Å². The molecular weight excluding hydrogens is 324 g/mol. The average Bonchev–Trinajstić information content (AvgIpc) is 3.08. The minimum Gasteiger partial charge on any atom is -0.292 e. The van der Waals surface area contributed by atoms with Gasteiger partial charge in [-0.25, -0.2) is 0 Å². The maximum Gasteiger partial charge on any atom is 0.183 e. The molecule has 0 saturated carbocycles. The van der Waals surface area contributed by atoms with Gasteiger partial charge in [0.2, 0.25) is 0 Å². The Morgan fingerprint density at radius 3 is 2.65 bits per heavy atom. The van der Waals surface area contributed by atoms with Crippen LogP contribution in [0.3, 0.4) is 0 Å². The number of carbonyl (C=O) groups excluding carboxylic acids is 1. The minimum atomic E-state index is 0.130. The van der Waals surface area contributed by atoms with Gasteiger partial charge in [0.1, 0.15) is 5.03 Å². The first kappa shape index (κ1) is 15.9. The lowest BCUT2D eigenvalue weighted by Gasteiger charge is -2.06. The van der Waals surface area contributed by atoms with Crippen LogP contribution in [0.25, 0.3) is 11.3 Å². The number of aryl methyl sites for hydroxylation is 2. The quantitative estimate of drug-likeness (QED) is 0.494. The van der Waals surface area contributed by atoms with Crippen molar-refractivity contribution in [3.8, 4) is 11.3 Å². The summed E-state index contributed by atoms with van der Waals surface area (Å²) in [6, 6.07) is 13.9. The number of nitrogens with zero attached hydrogens (tertiary/aromatic N) is 2. The lowest BCUT2D eigenvalue weighted by atomic mass is 10.0. The Morgan fingerprint density at radius 1 is 1.13 bits per heavy atom. The van der Waals surface area contributed by atoms with Crippen molar-refractivity contribution in [2.24, 2.45) is 0 Å². The normalized spacial score (nSPS) is 10.7. The monoisotopic (exact) mass is 340 g/mol. The predicted octanol–water partition coefficient (Wildman–Crippen LogP) is 4.80. The first-order valence-electron chi connectivity index (χ1n) is 7.24. The van der Waals surface area contributed by atoms with E-state index in [4.69, 9.17) is 0 Å². The summed E-state index contributed by atoms with van der Waals surface area (Å²) in [5.74, 6) is 0.517. The van der Waals surface area contributed by atoms with Crippen molar-refractivity contribution >= 4 is 28.9 Å². The highest BCUT2D eigenvalue weighted by atomic mass is 32.2. The SMILES string of the molecule is Cc1ccc(-c2ccc(SCC(=O)c3cccs3)nn2)c(C)c1. The third-order valence-electron chi connectivity index (χ3n) is 3.45. The van der Waals surface area contributed by atoms with Crippen LogP contribution in [-0.4, -0.2) is 21.7 Å². The molecule has 2 heterocycles. The summed E-state index contributed by atoms with van der Waals surface area (Å²) in [7, 11) is 0. The zero-order valence-corrected chi connectivity index (χ0v) is 14.6. The maximum atomic E-state index is 12.0. The van der Waals surface area contributed by atoms with Crippen LogP contribution in [0.4, 0.5) is 0 Å². The molecule has 2 aromatic heterocycles. The molecule has 0 unspecified atom stereocenters. The Balaban J connectivity index is 1.68. The largest absolute Gasteiger partial charge is 0.292 e. The summed E-state index contributed by atoms with van der Waals surface area (Å²) in [6.45, 7) is 4.15. The molecule has 0 atom stereocenters. The first-order valence-corrected chi connectivity index (χ1v) is 9.11. The van der Waals surface area contributed by atoms with Crippen molar-refractivity contribution in [2.45, 2.75) is 18.9 Å². The smallest absolute Gasteiger partial charge is 0.183 e. The molecule has 0 bridgehead atoms. The molecule has 0 radical (unpaired) electrons. The van der Waals surface area contributed by atoms with E-state index in [2.05, 4.69) is 42.2 Å². The van der Waals surface area contributed by atoms with Gasteiger partial charge in [0, 0.05) is 5.56 Å².